The Bertz CT molecular complexity index is 1330. The molecular formula is C27H31N7OS. The Morgan fingerprint density at radius 1 is 1.08 bits per heavy atom. The number of aromatic nitrogens is 3. The third kappa shape index (κ3) is 5.47. The molecule has 1 aliphatic rings. The van der Waals surface area contributed by atoms with Crippen molar-refractivity contribution in [2.24, 2.45) is 5.92 Å². The quantitative estimate of drug-likeness (QED) is 0.327. The van der Waals surface area contributed by atoms with E-state index in [0.717, 1.165) is 47.8 Å². The van der Waals surface area contributed by atoms with Gasteiger partial charge >= 0.3 is 0 Å². The van der Waals surface area contributed by atoms with E-state index in [9.17, 15) is 4.79 Å². The van der Waals surface area contributed by atoms with Gasteiger partial charge < -0.3 is 20.9 Å². The number of carbonyl (C=O) groups excluding carboxylic acids is 1. The second kappa shape index (κ2) is 10.6. The van der Waals surface area contributed by atoms with Crippen molar-refractivity contribution in [1.82, 2.24) is 25.6 Å². The SMILES string of the molecule is Cc1ccc(N(C)c2ccc3nc(Nc4ccc(C(=O)NC(C)C5CCNCC5)cn4)sc3n2)cc1. The van der Waals surface area contributed by atoms with Gasteiger partial charge in [-0.05, 0) is 82.1 Å². The van der Waals surface area contributed by atoms with Gasteiger partial charge in [0.2, 0.25) is 0 Å². The lowest BCUT2D eigenvalue weighted by atomic mass is 9.91. The number of amides is 1. The number of benzene rings is 1. The van der Waals surface area contributed by atoms with E-state index >= 15 is 0 Å². The number of rotatable bonds is 7. The second-order valence-corrected chi connectivity index (χ2v) is 10.3. The fourth-order valence-electron chi connectivity index (χ4n) is 4.41. The van der Waals surface area contributed by atoms with Crippen molar-refractivity contribution in [3.8, 4) is 0 Å². The van der Waals surface area contributed by atoms with E-state index < -0.39 is 0 Å². The van der Waals surface area contributed by atoms with Crippen LogP contribution in [0.15, 0.2) is 54.7 Å². The zero-order valence-electron chi connectivity index (χ0n) is 20.8. The Morgan fingerprint density at radius 3 is 2.58 bits per heavy atom. The highest BCUT2D eigenvalue weighted by atomic mass is 32.1. The highest BCUT2D eigenvalue weighted by Gasteiger charge is 2.22. The van der Waals surface area contributed by atoms with E-state index in [4.69, 9.17) is 4.98 Å². The lowest BCUT2D eigenvalue weighted by molar-refractivity contribution is 0.0920. The van der Waals surface area contributed by atoms with Gasteiger partial charge in [-0.15, -0.1) is 0 Å². The van der Waals surface area contributed by atoms with Crippen LogP contribution in [0.1, 0.15) is 35.7 Å². The zero-order chi connectivity index (χ0) is 25.1. The molecule has 1 fully saturated rings. The molecule has 9 heteroatoms. The average molecular weight is 502 g/mol. The molecule has 8 nitrogen and oxygen atoms in total. The summed E-state index contributed by atoms with van der Waals surface area (Å²) in [5, 5.41) is 10.4. The molecule has 0 aliphatic carbocycles. The van der Waals surface area contributed by atoms with Crippen LogP contribution in [0.3, 0.4) is 0 Å². The van der Waals surface area contributed by atoms with Crippen molar-refractivity contribution in [2.45, 2.75) is 32.7 Å². The number of hydrogen-bond acceptors (Lipinski definition) is 8. The van der Waals surface area contributed by atoms with E-state index in [-0.39, 0.29) is 11.9 Å². The monoisotopic (exact) mass is 501 g/mol. The number of fused-ring (bicyclic) bond motifs is 1. The predicted molar refractivity (Wildman–Crippen MR) is 147 cm³/mol. The molecule has 4 heterocycles. The summed E-state index contributed by atoms with van der Waals surface area (Å²) in [6, 6.07) is 16.1. The van der Waals surface area contributed by atoms with Crippen LogP contribution in [-0.4, -0.2) is 47.0 Å². The third-order valence-corrected chi connectivity index (χ3v) is 7.60. The minimum Gasteiger partial charge on any atom is -0.349 e. The molecule has 186 valence electrons. The Labute approximate surface area is 215 Å². The predicted octanol–water partition coefficient (Wildman–Crippen LogP) is 5.02. The van der Waals surface area contributed by atoms with E-state index in [0.29, 0.717) is 22.4 Å². The van der Waals surface area contributed by atoms with Crippen LogP contribution >= 0.6 is 11.3 Å². The fraction of sp³-hybridized carbons (Fsp3) is 0.333. The molecule has 5 rings (SSSR count). The molecule has 1 atom stereocenters. The highest BCUT2D eigenvalue weighted by molar-refractivity contribution is 7.21. The number of hydrogen-bond donors (Lipinski definition) is 3. The largest absolute Gasteiger partial charge is 0.349 e. The van der Waals surface area contributed by atoms with Gasteiger partial charge in [-0.25, -0.2) is 15.0 Å². The van der Waals surface area contributed by atoms with Gasteiger partial charge in [-0.1, -0.05) is 29.0 Å². The molecular weight excluding hydrogens is 470 g/mol. The van der Waals surface area contributed by atoms with Crippen LogP contribution in [0, 0.1) is 12.8 Å². The number of thiazole rings is 1. The molecule has 1 unspecified atom stereocenters. The molecule has 1 aliphatic heterocycles. The van der Waals surface area contributed by atoms with Crippen molar-refractivity contribution < 1.29 is 4.79 Å². The van der Waals surface area contributed by atoms with Crippen LogP contribution < -0.4 is 20.9 Å². The van der Waals surface area contributed by atoms with Gasteiger partial charge in [0.15, 0.2) is 5.13 Å². The first-order chi connectivity index (χ1) is 17.5. The maximum Gasteiger partial charge on any atom is 0.253 e. The third-order valence-electron chi connectivity index (χ3n) is 6.72. The summed E-state index contributed by atoms with van der Waals surface area (Å²) in [5.74, 6) is 1.91. The summed E-state index contributed by atoms with van der Waals surface area (Å²) < 4.78 is 0. The van der Waals surface area contributed by atoms with Crippen LogP contribution in [0.2, 0.25) is 0 Å². The summed E-state index contributed by atoms with van der Waals surface area (Å²) in [5.41, 5.74) is 3.68. The molecule has 4 aromatic rings. The second-order valence-electron chi connectivity index (χ2n) is 9.31. The Kier molecular flexibility index (Phi) is 7.11. The molecule has 0 radical (unpaired) electrons. The number of nitrogens with one attached hydrogen (secondary N) is 3. The molecule has 3 aromatic heterocycles. The minimum atomic E-state index is -0.0884. The van der Waals surface area contributed by atoms with Crippen LogP contribution in [0.25, 0.3) is 10.3 Å². The minimum absolute atomic E-state index is 0.0884. The summed E-state index contributed by atoms with van der Waals surface area (Å²) in [4.78, 5) is 29.5. The Hall–Kier alpha value is -3.56. The van der Waals surface area contributed by atoms with Gasteiger partial charge in [-0.3, -0.25) is 4.79 Å². The maximum absolute atomic E-state index is 12.7. The average Bonchev–Trinajstić information content (AvgIpc) is 3.31. The van der Waals surface area contributed by atoms with E-state index in [1.807, 2.05) is 19.2 Å². The normalized spacial score (nSPS) is 15.0. The topological polar surface area (TPSA) is 95.1 Å². The fourth-order valence-corrected chi connectivity index (χ4v) is 5.25. The molecule has 1 amide bonds. The number of aryl methyl sites for hydroxylation is 1. The van der Waals surface area contributed by atoms with Crippen molar-refractivity contribution in [3.63, 3.8) is 0 Å². The maximum atomic E-state index is 12.7. The summed E-state index contributed by atoms with van der Waals surface area (Å²) in [6.45, 7) is 6.19. The molecule has 0 saturated carbocycles. The lowest BCUT2D eigenvalue weighted by Gasteiger charge is -2.28. The smallest absolute Gasteiger partial charge is 0.253 e. The van der Waals surface area contributed by atoms with Gasteiger partial charge in [0, 0.05) is 25.0 Å². The zero-order valence-corrected chi connectivity index (χ0v) is 21.6. The Balaban J connectivity index is 1.24. The van der Waals surface area contributed by atoms with E-state index in [2.05, 4.69) is 68.9 Å². The van der Waals surface area contributed by atoms with Gasteiger partial charge in [-0.2, -0.15) is 0 Å². The van der Waals surface area contributed by atoms with Crippen LogP contribution in [-0.2, 0) is 0 Å². The van der Waals surface area contributed by atoms with Gasteiger partial charge in [0.25, 0.3) is 5.91 Å². The summed E-state index contributed by atoms with van der Waals surface area (Å²) >= 11 is 1.47. The van der Waals surface area contributed by atoms with Crippen LogP contribution in [0.4, 0.5) is 22.5 Å². The first kappa shape index (κ1) is 24.1. The summed E-state index contributed by atoms with van der Waals surface area (Å²) in [6.07, 6.45) is 3.78. The van der Waals surface area contributed by atoms with E-state index in [1.54, 1.807) is 18.3 Å². The first-order valence-electron chi connectivity index (χ1n) is 12.3. The standard InChI is InChI=1S/C27H31N7OS/c1-17-4-7-21(8-5-17)34(3)24-11-9-22-26(33-24)36-27(31-22)32-23-10-6-20(16-29-23)25(35)30-18(2)19-12-14-28-15-13-19/h4-11,16,18-19,28H,12-15H2,1-3H3,(H,30,35)(H,29,31,32). The van der Waals surface area contributed by atoms with Crippen molar-refractivity contribution >= 4 is 50.0 Å². The lowest BCUT2D eigenvalue weighted by Crippen LogP contribution is -2.42. The first-order valence-corrected chi connectivity index (χ1v) is 13.1. The molecule has 1 saturated heterocycles. The number of carbonyl (C=O) groups is 1. The van der Waals surface area contributed by atoms with E-state index in [1.165, 1.54) is 16.9 Å². The molecule has 0 bridgehead atoms. The number of nitrogens with zero attached hydrogens (tertiary/aromatic N) is 4. The Morgan fingerprint density at radius 2 is 1.86 bits per heavy atom. The van der Waals surface area contributed by atoms with Gasteiger partial charge in [0.1, 0.15) is 22.0 Å². The van der Waals surface area contributed by atoms with Crippen molar-refractivity contribution in [3.05, 3.63) is 65.9 Å². The number of anilines is 4. The van der Waals surface area contributed by atoms with Gasteiger partial charge in [0.05, 0.1) is 5.56 Å². The molecule has 36 heavy (non-hydrogen) atoms. The molecule has 0 spiro atoms. The highest BCUT2D eigenvalue weighted by Crippen LogP contribution is 2.30. The number of pyridine rings is 2. The van der Waals surface area contributed by atoms with Crippen molar-refractivity contribution in [1.29, 1.82) is 0 Å². The molecule has 1 aromatic carbocycles. The molecule has 3 N–H and O–H groups in total. The summed E-state index contributed by atoms with van der Waals surface area (Å²) in [7, 11) is 2.01. The number of piperidine rings is 1. The van der Waals surface area contributed by atoms with Crippen molar-refractivity contribution in [2.75, 3.05) is 30.4 Å². The van der Waals surface area contributed by atoms with Crippen LogP contribution in [0.5, 0.6) is 0 Å².